The third-order valence-corrected chi connectivity index (χ3v) is 2.52. The maximum atomic E-state index is 13.1. The van der Waals surface area contributed by atoms with Gasteiger partial charge in [0.1, 0.15) is 17.3 Å². The molecule has 1 aromatic heterocycles. The largest absolute Gasteiger partial charge is 0.396 e. The summed E-state index contributed by atoms with van der Waals surface area (Å²) in [5.41, 5.74) is 1.12. The van der Waals surface area contributed by atoms with Gasteiger partial charge in [0.25, 0.3) is 0 Å². The summed E-state index contributed by atoms with van der Waals surface area (Å²) in [6.07, 6.45) is 1.21. The maximum absolute atomic E-state index is 13.1. The molecule has 0 unspecified atom stereocenters. The van der Waals surface area contributed by atoms with E-state index in [0.717, 1.165) is 0 Å². The van der Waals surface area contributed by atoms with Crippen molar-refractivity contribution in [3.8, 4) is 11.3 Å². The number of hydrogen-bond donors (Lipinski definition) is 1. The molecule has 0 saturated carbocycles. The smallest absolute Gasteiger partial charge is 0.137 e. The Morgan fingerprint density at radius 3 is 2.82 bits per heavy atom. The van der Waals surface area contributed by atoms with E-state index < -0.39 is 5.82 Å². The second-order valence-corrected chi connectivity index (χ2v) is 4.10. The van der Waals surface area contributed by atoms with Gasteiger partial charge >= 0.3 is 0 Å². The van der Waals surface area contributed by atoms with Gasteiger partial charge < -0.3 is 9.63 Å². The quantitative estimate of drug-likeness (QED) is 0.913. The van der Waals surface area contributed by atoms with E-state index in [1.54, 1.807) is 12.1 Å². The molecule has 0 spiro atoms. The lowest BCUT2D eigenvalue weighted by Gasteiger charge is -1.97. The summed E-state index contributed by atoms with van der Waals surface area (Å²) in [4.78, 5) is 0. The van der Waals surface area contributed by atoms with Crippen LogP contribution in [0.5, 0.6) is 0 Å². The van der Waals surface area contributed by atoms with Crippen LogP contribution in [0.3, 0.4) is 0 Å². The molecule has 0 aliphatic heterocycles. The molecule has 0 amide bonds. The lowest BCUT2D eigenvalue weighted by atomic mass is 10.1. The fourth-order valence-corrected chi connectivity index (χ4v) is 1.74. The molecule has 0 saturated heterocycles. The molecular weight excluding hydrogens is 245 g/mol. The number of rotatable bonds is 4. The zero-order chi connectivity index (χ0) is 12.3. The van der Waals surface area contributed by atoms with Crippen LogP contribution in [0.15, 0.2) is 28.8 Å². The average molecular weight is 256 g/mol. The maximum Gasteiger partial charge on any atom is 0.137 e. The Hall–Kier alpha value is -1.39. The lowest BCUT2D eigenvalue weighted by molar-refractivity contribution is 0.280. The summed E-state index contributed by atoms with van der Waals surface area (Å²) in [6.45, 7) is 0.0990. The fraction of sp³-hybridized carbons (Fsp3) is 0.250. The summed E-state index contributed by atoms with van der Waals surface area (Å²) < 4.78 is 18.2. The minimum absolute atomic E-state index is 0.0990. The van der Waals surface area contributed by atoms with Crippen LogP contribution in [-0.2, 0) is 6.42 Å². The van der Waals surface area contributed by atoms with Crippen molar-refractivity contribution < 1.29 is 14.0 Å². The molecule has 3 nitrogen and oxygen atoms in total. The summed E-state index contributed by atoms with van der Waals surface area (Å²) in [5, 5.41) is 12.9. The van der Waals surface area contributed by atoms with Crippen LogP contribution < -0.4 is 0 Å². The highest BCUT2D eigenvalue weighted by Crippen LogP contribution is 2.24. The first kappa shape index (κ1) is 12.1. The van der Waals surface area contributed by atoms with Gasteiger partial charge in [-0.2, -0.15) is 0 Å². The first-order valence-corrected chi connectivity index (χ1v) is 5.60. The van der Waals surface area contributed by atoms with Crippen molar-refractivity contribution in [1.29, 1.82) is 0 Å². The number of aryl methyl sites for hydroxylation is 1. The highest BCUT2D eigenvalue weighted by Gasteiger charge is 2.08. The number of aromatic nitrogens is 1. The van der Waals surface area contributed by atoms with Crippen LogP contribution in [0.1, 0.15) is 12.2 Å². The monoisotopic (exact) mass is 255 g/mol. The van der Waals surface area contributed by atoms with Crippen molar-refractivity contribution in [2.45, 2.75) is 12.8 Å². The van der Waals surface area contributed by atoms with Gasteiger partial charge in [-0.25, -0.2) is 4.39 Å². The Kier molecular flexibility index (Phi) is 3.76. The molecule has 0 radical (unpaired) electrons. The van der Waals surface area contributed by atoms with Crippen molar-refractivity contribution in [3.63, 3.8) is 0 Å². The number of aliphatic hydroxyl groups excluding tert-OH is 1. The molecule has 2 aromatic rings. The second-order valence-electron chi connectivity index (χ2n) is 3.66. The minimum Gasteiger partial charge on any atom is -0.396 e. The summed E-state index contributed by atoms with van der Waals surface area (Å²) >= 11 is 5.76. The zero-order valence-electron chi connectivity index (χ0n) is 8.99. The van der Waals surface area contributed by atoms with Gasteiger partial charge in [-0.05, 0) is 24.6 Å². The molecule has 1 N–H and O–H groups in total. The number of nitrogens with zero attached hydrogens (tertiary/aromatic N) is 1. The second kappa shape index (κ2) is 5.29. The Balaban J connectivity index is 2.24. The number of aliphatic hydroxyl groups is 1. The number of hydrogen-bond acceptors (Lipinski definition) is 3. The highest BCUT2D eigenvalue weighted by atomic mass is 35.5. The van der Waals surface area contributed by atoms with Gasteiger partial charge in [0.05, 0.1) is 0 Å². The highest BCUT2D eigenvalue weighted by molar-refractivity contribution is 6.30. The first-order valence-electron chi connectivity index (χ1n) is 5.22. The molecule has 1 heterocycles. The molecule has 90 valence electrons. The fourth-order valence-electron chi connectivity index (χ4n) is 1.52. The third-order valence-electron chi connectivity index (χ3n) is 2.30. The number of halogens is 2. The topological polar surface area (TPSA) is 46.3 Å². The summed E-state index contributed by atoms with van der Waals surface area (Å²) in [6, 6.07) is 5.93. The SMILES string of the molecule is OCCCc1cc(-c2cc(F)cc(Cl)c2)no1. The van der Waals surface area contributed by atoms with Gasteiger partial charge in [0.15, 0.2) is 0 Å². The van der Waals surface area contributed by atoms with Gasteiger partial charge in [-0.3, -0.25) is 0 Å². The molecule has 0 aliphatic rings. The molecule has 2 rings (SSSR count). The predicted molar refractivity (Wildman–Crippen MR) is 62.3 cm³/mol. The van der Waals surface area contributed by atoms with Crippen LogP contribution in [0.2, 0.25) is 5.02 Å². The van der Waals surface area contributed by atoms with Crippen LogP contribution in [-0.4, -0.2) is 16.9 Å². The molecule has 17 heavy (non-hydrogen) atoms. The van der Waals surface area contributed by atoms with E-state index in [9.17, 15) is 4.39 Å². The first-order chi connectivity index (χ1) is 8.19. The van der Waals surface area contributed by atoms with Crippen LogP contribution in [0.4, 0.5) is 4.39 Å². The van der Waals surface area contributed by atoms with Crippen molar-refractivity contribution in [1.82, 2.24) is 5.16 Å². The standard InChI is InChI=1S/C12H11ClFNO2/c13-9-4-8(5-10(14)6-9)12-7-11(17-15-12)2-1-3-16/h4-7,16H,1-3H2. The Morgan fingerprint density at radius 1 is 1.29 bits per heavy atom. The van der Waals surface area contributed by atoms with Crippen molar-refractivity contribution in [2.75, 3.05) is 6.61 Å². The Bertz CT molecular complexity index is 493. The van der Waals surface area contributed by atoms with Crippen LogP contribution >= 0.6 is 11.6 Å². The molecule has 0 aliphatic carbocycles. The van der Waals surface area contributed by atoms with Crippen molar-refractivity contribution >= 4 is 11.6 Å². The minimum atomic E-state index is -0.410. The van der Waals surface area contributed by atoms with E-state index >= 15 is 0 Å². The summed E-state index contributed by atoms with van der Waals surface area (Å²) in [5.74, 6) is 0.252. The van der Waals surface area contributed by atoms with Crippen molar-refractivity contribution in [2.24, 2.45) is 0 Å². The third kappa shape index (κ3) is 3.05. The van der Waals surface area contributed by atoms with E-state index in [0.29, 0.717) is 34.9 Å². The van der Waals surface area contributed by atoms with E-state index in [4.69, 9.17) is 21.2 Å². The lowest BCUT2D eigenvalue weighted by Crippen LogP contribution is -1.86. The van der Waals surface area contributed by atoms with E-state index in [1.165, 1.54) is 12.1 Å². The molecule has 0 atom stereocenters. The molecule has 0 bridgehead atoms. The average Bonchev–Trinajstić information content (AvgIpc) is 2.73. The van der Waals surface area contributed by atoms with Crippen molar-refractivity contribution in [3.05, 3.63) is 40.9 Å². The van der Waals surface area contributed by atoms with E-state index in [-0.39, 0.29) is 6.61 Å². The van der Waals surface area contributed by atoms with Gasteiger partial charge in [0, 0.05) is 29.7 Å². The van der Waals surface area contributed by atoms with Gasteiger partial charge in [0.2, 0.25) is 0 Å². The zero-order valence-corrected chi connectivity index (χ0v) is 9.75. The normalized spacial score (nSPS) is 10.8. The van der Waals surface area contributed by atoms with E-state index in [1.807, 2.05) is 0 Å². The molecule has 0 fully saturated rings. The van der Waals surface area contributed by atoms with Crippen LogP contribution in [0, 0.1) is 5.82 Å². The Morgan fingerprint density at radius 2 is 2.12 bits per heavy atom. The van der Waals surface area contributed by atoms with Crippen LogP contribution in [0.25, 0.3) is 11.3 Å². The van der Waals surface area contributed by atoms with Gasteiger partial charge in [-0.1, -0.05) is 16.8 Å². The van der Waals surface area contributed by atoms with E-state index in [2.05, 4.69) is 5.16 Å². The predicted octanol–water partition coefficient (Wildman–Crippen LogP) is 3.06. The molecule has 5 heteroatoms. The van der Waals surface area contributed by atoms with Gasteiger partial charge in [-0.15, -0.1) is 0 Å². The summed E-state index contributed by atoms with van der Waals surface area (Å²) in [7, 11) is 0. The molecule has 1 aromatic carbocycles. The Labute approximate surface area is 103 Å². The molecular formula is C12H11ClFNO2. The number of benzene rings is 1.